The number of benzene rings is 4. The first kappa shape index (κ1) is 39.9. The summed E-state index contributed by atoms with van der Waals surface area (Å²) in [4.78, 5) is 17.8. The summed E-state index contributed by atoms with van der Waals surface area (Å²) in [5.74, 6) is 2.77. The van der Waals surface area contributed by atoms with Gasteiger partial charge in [0.2, 0.25) is 11.9 Å². The summed E-state index contributed by atoms with van der Waals surface area (Å²) in [6, 6.07) is 28.5. The predicted octanol–water partition coefficient (Wildman–Crippen LogP) is 11.4. The smallest absolute Gasteiger partial charge is 0.229 e. The highest BCUT2D eigenvalue weighted by molar-refractivity contribution is 9.11. The van der Waals surface area contributed by atoms with Gasteiger partial charge >= 0.3 is 0 Å². The van der Waals surface area contributed by atoms with Gasteiger partial charge in [0.1, 0.15) is 11.6 Å². The second-order valence-corrected chi connectivity index (χ2v) is 14.6. The van der Waals surface area contributed by atoms with E-state index >= 15 is 0 Å². The summed E-state index contributed by atoms with van der Waals surface area (Å²) in [7, 11) is 0. The first-order valence-electron chi connectivity index (χ1n) is 17.1. The van der Waals surface area contributed by atoms with Gasteiger partial charge in [0.15, 0.2) is 0 Å². The lowest BCUT2D eigenvalue weighted by molar-refractivity contribution is 0.865. The number of aromatic nitrogens is 4. The highest BCUT2D eigenvalue weighted by atomic mass is 79.9. The fourth-order valence-corrected chi connectivity index (χ4v) is 6.70. The Morgan fingerprint density at radius 1 is 0.527 bits per heavy atom. The molecule has 0 spiro atoms. The van der Waals surface area contributed by atoms with Gasteiger partial charge in [-0.3, -0.25) is 0 Å². The molecule has 0 bridgehead atoms. The molecule has 0 radical (unpaired) electrons. The minimum Gasteiger partial charge on any atom is -0.339 e. The van der Waals surface area contributed by atoms with Crippen LogP contribution in [0.2, 0.25) is 0 Å². The number of nitriles is 3. The molecule has 55 heavy (non-hydrogen) atoms. The van der Waals surface area contributed by atoms with Crippen molar-refractivity contribution in [3.63, 3.8) is 0 Å². The molecule has 0 aliphatic heterocycles. The van der Waals surface area contributed by atoms with Crippen molar-refractivity contribution in [2.75, 3.05) is 21.3 Å². The van der Waals surface area contributed by atoms with Crippen LogP contribution in [0.3, 0.4) is 0 Å². The lowest BCUT2D eigenvalue weighted by Gasteiger charge is -2.16. The predicted molar refractivity (Wildman–Crippen MR) is 226 cm³/mol. The van der Waals surface area contributed by atoms with Gasteiger partial charge < -0.3 is 21.3 Å². The molecule has 13 heteroatoms. The van der Waals surface area contributed by atoms with Crippen LogP contribution < -0.4 is 21.3 Å². The third kappa shape index (κ3) is 10.4. The maximum atomic E-state index is 9.10. The molecule has 274 valence electrons. The second-order valence-electron chi connectivity index (χ2n) is 12.9. The van der Waals surface area contributed by atoms with E-state index in [1.165, 1.54) is 5.56 Å². The summed E-state index contributed by atoms with van der Waals surface area (Å²) < 4.78 is 1.93. The van der Waals surface area contributed by atoms with Gasteiger partial charge in [-0.25, -0.2) is 9.97 Å². The highest BCUT2D eigenvalue weighted by Gasteiger charge is 2.14. The van der Waals surface area contributed by atoms with Gasteiger partial charge in [-0.2, -0.15) is 25.8 Å². The number of nitrogens with zero attached hydrogens (tertiary/aromatic N) is 7. The van der Waals surface area contributed by atoms with Crippen LogP contribution in [0.25, 0.3) is 0 Å². The van der Waals surface area contributed by atoms with Crippen molar-refractivity contribution >= 4 is 78.1 Å². The Hall–Kier alpha value is -6.33. The van der Waals surface area contributed by atoms with E-state index < -0.39 is 0 Å². The van der Waals surface area contributed by atoms with Crippen molar-refractivity contribution in [1.82, 2.24) is 19.9 Å². The van der Waals surface area contributed by atoms with Gasteiger partial charge in [0.25, 0.3) is 0 Å². The first-order chi connectivity index (χ1) is 26.4. The summed E-state index contributed by atoms with van der Waals surface area (Å²) in [6.45, 7) is 12.1. The standard InChI is InChI=1S/C21H19Br2N5.C21H18N6/c1-12(2)15-8-17(22)19(18(23)9-15)27-20-13(3)11-25-21(28-20)26-16-6-4-14(10-24)5-7-16;1-13-8-17(11-23)9-14(2)19(13)26-20-15(3)12-24-21(27-20)25-18-6-4-16(10-22)5-7-18/h4-9,11-12H,1-3H3,(H2,25,26,27,28);4-9,12H,1-3H3,(H2,24,25,26,27). The van der Waals surface area contributed by atoms with Crippen LogP contribution in [0.4, 0.5) is 46.3 Å². The third-order valence-corrected chi connectivity index (χ3v) is 9.61. The maximum Gasteiger partial charge on any atom is 0.229 e. The molecular formula is C42H37Br2N11. The van der Waals surface area contributed by atoms with Gasteiger partial charge in [-0.1, -0.05) is 13.8 Å². The zero-order chi connectivity index (χ0) is 39.6. The number of hydrogen-bond acceptors (Lipinski definition) is 11. The summed E-state index contributed by atoms with van der Waals surface area (Å²) in [5.41, 5.74) is 10.3. The van der Waals surface area contributed by atoms with E-state index in [4.69, 9.17) is 15.8 Å². The van der Waals surface area contributed by atoms with Gasteiger partial charge in [0.05, 0.1) is 40.6 Å². The molecular weight excluding hydrogens is 818 g/mol. The van der Waals surface area contributed by atoms with Gasteiger partial charge in [-0.15, -0.1) is 0 Å². The van der Waals surface area contributed by atoms with E-state index in [-0.39, 0.29) is 0 Å². The molecule has 0 aliphatic rings. The van der Waals surface area contributed by atoms with Gasteiger partial charge in [0, 0.05) is 49.5 Å². The fourth-order valence-electron chi connectivity index (χ4n) is 5.28. The molecule has 0 saturated carbocycles. The van der Waals surface area contributed by atoms with Crippen LogP contribution in [0.5, 0.6) is 0 Å². The average Bonchev–Trinajstić information content (AvgIpc) is 3.17. The maximum absolute atomic E-state index is 9.10. The van der Waals surface area contributed by atoms with Crippen molar-refractivity contribution in [3.8, 4) is 18.2 Å². The van der Waals surface area contributed by atoms with Gasteiger partial charge in [-0.05, 0) is 155 Å². The molecule has 6 aromatic rings. The largest absolute Gasteiger partial charge is 0.339 e. The number of hydrogen-bond donors (Lipinski definition) is 4. The molecule has 2 heterocycles. The lowest BCUT2D eigenvalue weighted by atomic mass is 10.0. The third-order valence-electron chi connectivity index (χ3n) is 8.36. The minimum absolute atomic E-state index is 0.436. The summed E-state index contributed by atoms with van der Waals surface area (Å²) in [6.07, 6.45) is 3.52. The first-order valence-corrected chi connectivity index (χ1v) is 18.7. The van der Waals surface area contributed by atoms with E-state index in [2.05, 4.69) is 117 Å². The molecule has 6 rings (SSSR count). The molecule has 4 N–H and O–H groups in total. The van der Waals surface area contributed by atoms with Crippen molar-refractivity contribution in [2.45, 2.75) is 47.5 Å². The second kappa shape index (κ2) is 18.1. The molecule has 2 aromatic heterocycles. The number of anilines is 8. The van der Waals surface area contributed by atoms with Crippen molar-refractivity contribution in [2.24, 2.45) is 0 Å². The Labute approximate surface area is 337 Å². The molecule has 0 fully saturated rings. The molecule has 4 aromatic carbocycles. The minimum atomic E-state index is 0.436. The van der Waals surface area contributed by atoms with Crippen LogP contribution in [0.1, 0.15) is 64.3 Å². The van der Waals surface area contributed by atoms with E-state index in [0.29, 0.717) is 46.1 Å². The zero-order valence-electron chi connectivity index (χ0n) is 31.0. The quantitative estimate of drug-likeness (QED) is 0.109. The van der Waals surface area contributed by atoms with Crippen molar-refractivity contribution in [3.05, 3.63) is 139 Å². The Balaban J connectivity index is 0.000000211. The van der Waals surface area contributed by atoms with E-state index in [1.807, 2.05) is 64.1 Å². The zero-order valence-corrected chi connectivity index (χ0v) is 34.2. The normalized spacial score (nSPS) is 10.3. The van der Waals surface area contributed by atoms with Crippen molar-refractivity contribution in [1.29, 1.82) is 15.8 Å². The van der Waals surface area contributed by atoms with Crippen LogP contribution in [0.15, 0.2) is 94.1 Å². The number of rotatable bonds is 9. The van der Waals surface area contributed by atoms with Crippen molar-refractivity contribution < 1.29 is 0 Å². The highest BCUT2D eigenvalue weighted by Crippen LogP contribution is 2.37. The fraction of sp³-hybridized carbons (Fsp3) is 0.167. The van der Waals surface area contributed by atoms with Crippen LogP contribution >= 0.6 is 31.9 Å². The van der Waals surface area contributed by atoms with E-state index in [0.717, 1.165) is 53.9 Å². The lowest BCUT2D eigenvalue weighted by Crippen LogP contribution is -2.05. The number of nitrogens with one attached hydrogen (secondary N) is 4. The Bertz CT molecular complexity index is 2410. The monoisotopic (exact) mass is 853 g/mol. The SMILES string of the molecule is Cc1cnc(Nc2ccc(C#N)cc2)nc1Nc1c(Br)cc(C(C)C)cc1Br.Cc1cnc(Nc2ccc(C#N)cc2)nc1Nc1c(C)cc(C#N)cc1C. The summed E-state index contributed by atoms with van der Waals surface area (Å²) in [5, 5.41) is 40.0. The Kier molecular flexibility index (Phi) is 13.1. The van der Waals surface area contributed by atoms with E-state index in [9.17, 15) is 0 Å². The summed E-state index contributed by atoms with van der Waals surface area (Å²) >= 11 is 7.31. The molecule has 0 aliphatic carbocycles. The Morgan fingerprint density at radius 3 is 1.31 bits per heavy atom. The Morgan fingerprint density at radius 2 is 0.927 bits per heavy atom. The number of halogens is 2. The molecule has 0 saturated heterocycles. The average molecular weight is 856 g/mol. The van der Waals surface area contributed by atoms with Crippen LogP contribution in [0, 0.1) is 61.7 Å². The topological polar surface area (TPSA) is 171 Å². The molecule has 0 atom stereocenters. The number of aryl methyl sites for hydroxylation is 4. The van der Waals surface area contributed by atoms with Crippen LogP contribution in [-0.4, -0.2) is 19.9 Å². The van der Waals surface area contributed by atoms with E-state index in [1.54, 1.807) is 36.7 Å². The molecule has 0 unspecified atom stereocenters. The molecule has 11 nitrogen and oxygen atoms in total. The molecule has 0 amide bonds. The van der Waals surface area contributed by atoms with Crippen LogP contribution in [-0.2, 0) is 0 Å².